The third kappa shape index (κ3) is 6.30. The van der Waals surface area contributed by atoms with Crippen LogP contribution in [-0.4, -0.2) is 18.5 Å². The molecule has 6 heteroatoms. The number of carbonyl (C=O) groups is 2. The van der Waals surface area contributed by atoms with Crippen LogP contribution in [0, 0.1) is 3.57 Å². The molecule has 1 atom stereocenters. The first-order chi connectivity index (χ1) is 15.0. The molecule has 160 valence electrons. The molecule has 3 N–H and O–H groups in total. The molecule has 31 heavy (non-hydrogen) atoms. The molecule has 0 bridgehead atoms. The molecule has 0 aliphatic rings. The van der Waals surface area contributed by atoms with E-state index >= 15 is 0 Å². The van der Waals surface area contributed by atoms with E-state index in [1.54, 1.807) is 6.92 Å². The van der Waals surface area contributed by atoms with Gasteiger partial charge in [0.25, 0.3) is 5.91 Å². The molecule has 1 unspecified atom stereocenters. The summed E-state index contributed by atoms with van der Waals surface area (Å²) in [4.78, 5) is 25.5. The van der Waals surface area contributed by atoms with Gasteiger partial charge in [-0.3, -0.25) is 9.59 Å². The zero-order valence-electron chi connectivity index (χ0n) is 17.3. The van der Waals surface area contributed by atoms with Crippen molar-refractivity contribution in [1.82, 2.24) is 5.32 Å². The van der Waals surface area contributed by atoms with Crippen molar-refractivity contribution in [2.24, 2.45) is 0 Å². The Morgan fingerprint density at radius 3 is 2.32 bits per heavy atom. The predicted octanol–water partition coefficient (Wildman–Crippen LogP) is 4.89. The van der Waals surface area contributed by atoms with Gasteiger partial charge in [-0.1, -0.05) is 60.7 Å². The maximum atomic E-state index is 13.4. The van der Waals surface area contributed by atoms with Gasteiger partial charge in [-0.15, -0.1) is 0 Å². The highest BCUT2D eigenvalue weighted by atomic mass is 127. The number of benzene rings is 3. The first kappa shape index (κ1) is 22.8. The van der Waals surface area contributed by atoms with Gasteiger partial charge in [0.1, 0.15) is 0 Å². The van der Waals surface area contributed by atoms with Crippen molar-refractivity contribution in [3.8, 4) is 0 Å². The van der Waals surface area contributed by atoms with Crippen molar-refractivity contribution in [1.29, 1.82) is 0 Å². The van der Waals surface area contributed by atoms with Crippen molar-refractivity contribution in [3.63, 3.8) is 0 Å². The third-order valence-electron chi connectivity index (χ3n) is 4.90. The van der Waals surface area contributed by atoms with E-state index in [0.29, 0.717) is 24.3 Å². The van der Waals surface area contributed by atoms with Crippen LogP contribution in [0.3, 0.4) is 0 Å². The van der Waals surface area contributed by atoms with Crippen molar-refractivity contribution in [3.05, 3.63) is 98.6 Å². The van der Waals surface area contributed by atoms with Crippen LogP contribution in [0.1, 0.15) is 46.4 Å². The largest absolute Gasteiger partial charge is 0.466 e. The highest BCUT2D eigenvalue weighted by Crippen LogP contribution is 2.26. The van der Waals surface area contributed by atoms with E-state index in [1.165, 1.54) is 0 Å². The lowest BCUT2D eigenvalue weighted by molar-refractivity contribution is -0.143. The Hall–Kier alpha value is -2.87. The SMILES string of the molecule is CCOC(=O)CC(NC(=O)c1cc(I)cc(N)c1Cc1ccccc1)c1ccccc1. The summed E-state index contributed by atoms with van der Waals surface area (Å²) in [6, 6.07) is 22.5. The van der Waals surface area contributed by atoms with Crippen molar-refractivity contribution in [2.75, 3.05) is 12.3 Å². The number of hydrogen-bond donors (Lipinski definition) is 2. The summed E-state index contributed by atoms with van der Waals surface area (Å²) in [5.41, 5.74) is 10.1. The first-order valence-electron chi connectivity index (χ1n) is 10.1. The Morgan fingerprint density at radius 2 is 1.68 bits per heavy atom. The lowest BCUT2D eigenvalue weighted by atomic mass is 9.96. The summed E-state index contributed by atoms with van der Waals surface area (Å²) in [6.07, 6.45) is 0.594. The molecule has 0 fully saturated rings. The number of hydrogen-bond acceptors (Lipinski definition) is 4. The van der Waals surface area contributed by atoms with Gasteiger partial charge >= 0.3 is 5.97 Å². The van der Waals surface area contributed by atoms with E-state index < -0.39 is 6.04 Å². The molecule has 3 aromatic carbocycles. The van der Waals surface area contributed by atoms with Crippen molar-refractivity contribution >= 4 is 40.2 Å². The van der Waals surface area contributed by atoms with Crippen LogP contribution in [0.2, 0.25) is 0 Å². The van der Waals surface area contributed by atoms with Crippen LogP contribution in [0.25, 0.3) is 0 Å². The van der Waals surface area contributed by atoms with E-state index in [0.717, 1.165) is 20.3 Å². The molecule has 0 saturated heterocycles. The number of anilines is 1. The summed E-state index contributed by atoms with van der Waals surface area (Å²) in [7, 11) is 0. The van der Waals surface area contributed by atoms with Gasteiger partial charge in [-0.25, -0.2) is 0 Å². The number of esters is 1. The lowest BCUT2D eigenvalue weighted by Gasteiger charge is -2.20. The number of amides is 1. The van der Waals surface area contributed by atoms with Gasteiger partial charge in [0.05, 0.1) is 19.1 Å². The van der Waals surface area contributed by atoms with Gasteiger partial charge in [-0.2, -0.15) is 0 Å². The van der Waals surface area contributed by atoms with Crippen molar-refractivity contribution < 1.29 is 14.3 Å². The number of rotatable bonds is 8. The molecule has 1 amide bonds. The van der Waals surface area contributed by atoms with Crippen LogP contribution >= 0.6 is 22.6 Å². The molecule has 0 aliphatic carbocycles. The fourth-order valence-corrected chi connectivity index (χ4v) is 4.06. The quantitative estimate of drug-likeness (QED) is 0.248. The minimum absolute atomic E-state index is 0.0526. The molecule has 5 nitrogen and oxygen atoms in total. The van der Waals surface area contributed by atoms with E-state index in [9.17, 15) is 9.59 Å². The highest BCUT2D eigenvalue weighted by Gasteiger charge is 2.22. The fraction of sp³-hybridized carbons (Fsp3) is 0.200. The Kier molecular flexibility index (Phi) is 8.06. The molecule has 0 aliphatic heterocycles. The molecule has 0 spiro atoms. The lowest BCUT2D eigenvalue weighted by Crippen LogP contribution is -2.31. The van der Waals surface area contributed by atoms with Gasteiger partial charge in [0.15, 0.2) is 0 Å². The standard InChI is InChI=1S/C25H25IN2O3/c1-2-31-24(29)16-23(18-11-7-4-8-12-18)28-25(30)21-14-19(26)15-22(27)20(21)13-17-9-5-3-6-10-17/h3-12,14-15,23H,2,13,16,27H2,1H3,(H,28,30). The second-order valence-corrected chi connectivity index (χ2v) is 8.38. The zero-order chi connectivity index (χ0) is 22.2. The van der Waals surface area contributed by atoms with Gasteiger partial charge < -0.3 is 15.8 Å². The first-order valence-corrected chi connectivity index (χ1v) is 11.2. The Balaban J connectivity index is 1.91. The zero-order valence-corrected chi connectivity index (χ0v) is 19.5. The molecule has 0 radical (unpaired) electrons. The van der Waals surface area contributed by atoms with E-state index in [1.807, 2.05) is 72.8 Å². The summed E-state index contributed by atoms with van der Waals surface area (Å²) >= 11 is 2.15. The Morgan fingerprint density at radius 1 is 1.03 bits per heavy atom. The van der Waals surface area contributed by atoms with Gasteiger partial charge in [0.2, 0.25) is 0 Å². The molecule has 0 aromatic heterocycles. The monoisotopic (exact) mass is 528 g/mol. The molecule has 0 saturated carbocycles. The minimum Gasteiger partial charge on any atom is -0.466 e. The maximum absolute atomic E-state index is 13.4. The van der Waals surface area contributed by atoms with Crippen LogP contribution < -0.4 is 11.1 Å². The number of nitrogens with one attached hydrogen (secondary N) is 1. The average molecular weight is 528 g/mol. The van der Waals surface area contributed by atoms with Crippen LogP contribution in [-0.2, 0) is 16.0 Å². The van der Waals surface area contributed by atoms with Crippen LogP contribution in [0.15, 0.2) is 72.8 Å². The topological polar surface area (TPSA) is 81.4 Å². The average Bonchev–Trinajstić information content (AvgIpc) is 2.76. The fourth-order valence-electron chi connectivity index (χ4n) is 3.42. The number of nitrogen functional groups attached to an aromatic ring is 1. The highest BCUT2D eigenvalue weighted by molar-refractivity contribution is 14.1. The molecular weight excluding hydrogens is 503 g/mol. The normalized spacial score (nSPS) is 11.5. The van der Waals surface area contributed by atoms with Gasteiger partial charge in [0, 0.05) is 21.2 Å². The summed E-state index contributed by atoms with van der Waals surface area (Å²) in [5, 5.41) is 3.02. The molecule has 0 heterocycles. The van der Waals surface area contributed by atoms with Crippen LogP contribution in [0.5, 0.6) is 0 Å². The Bertz CT molecular complexity index is 1040. The Labute approximate surface area is 196 Å². The van der Waals surface area contributed by atoms with Crippen molar-refractivity contribution in [2.45, 2.75) is 25.8 Å². The van der Waals surface area contributed by atoms with E-state index in [4.69, 9.17) is 10.5 Å². The summed E-state index contributed by atoms with van der Waals surface area (Å²) in [6.45, 7) is 2.06. The number of carbonyl (C=O) groups excluding carboxylic acids is 2. The van der Waals surface area contributed by atoms with Crippen LogP contribution in [0.4, 0.5) is 5.69 Å². The number of ether oxygens (including phenoxy) is 1. The third-order valence-corrected chi connectivity index (χ3v) is 5.52. The second kappa shape index (κ2) is 10.9. The predicted molar refractivity (Wildman–Crippen MR) is 131 cm³/mol. The maximum Gasteiger partial charge on any atom is 0.308 e. The molecule has 3 rings (SSSR count). The molecule has 3 aromatic rings. The minimum atomic E-state index is -0.503. The van der Waals surface area contributed by atoms with E-state index in [-0.39, 0.29) is 18.3 Å². The second-order valence-electron chi connectivity index (χ2n) is 7.13. The summed E-state index contributed by atoms with van der Waals surface area (Å²) < 4.78 is 5.98. The van der Waals surface area contributed by atoms with Gasteiger partial charge in [-0.05, 0) is 58.3 Å². The smallest absolute Gasteiger partial charge is 0.308 e. The molecular formula is C25H25IN2O3. The van der Waals surface area contributed by atoms with E-state index in [2.05, 4.69) is 27.9 Å². The number of halogens is 1. The number of nitrogens with two attached hydrogens (primary N) is 1. The summed E-state index contributed by atoms with van der Waals surface area (Å²) in [5.74, 6) is -0.627.